The van der Waals surface area contributed by atoms with Crippen molar-refractivity contribution in [3.05, 3.63) is 83.9 Å². The molecule has 0 saturated carbocycles. The molecule has 0 aliphatic carbocycles. The predicted octanol–water partition coefficient (Wildman–Crippen LogP) is 4.32. The predicted molar refractivity (Wildman–Crippen MR) is 108 cm³/mol. The monoisotopic (exact) mass is 384 g/mol. The van der Waals surface area contributed by atoms with E-state index < -0.39 is 11.6 Å². The van der Waals surface area contributed by atoms with Gasteiger partial charge in [-0.05, 0) is 41.8 Å². The summed E-state index contributed by atoms with van der Waals surface area (Å²) in [6, 6.07) is 12.1. The van der Waals surface area contributed by atoms with Crippen molar-refractivity contribution in [1.82, 2.24) is 14.5 Å². The molecule has 0 spiro atoms. The fourth-order valence-electron chi connectivity index (χ4n) is 3.23. The zero-order chi connectivity index (χ0) is 19.9. The van der Waals surface area contributed by atoms with E-state index in [0.29, 0.717) is 12.1 Å². The van der Waals surface area contributed by atoms with Gasteiger partial charge in [0.05, 0.1) is 6.33 Å². The van der Waals surface area contributed by atoms with Gasteiger partial charge in [0.25, 0.3) is 0 Å². The van der Waals surface area contributed by atoms with Crippen LogP contribution in [-0.4, -0.2) is 35.1 Å². The maximum absolute atomic E-state index is 13.6. The van der Waals surface area contributed by atoms with E-state index in [1.54, 1.807) is 12.5 Å². The van der Waals surface area contributed by atoms with Crippen molar-refractivity contribution in [1.29, 1.82) is 0 Å². The zero-order valence-electron chi connectivity index (χ0n) is 16.4. The Hall–Kier alpha value is -2.73. The number of aryl methyl sites for hydroxylation is 1. The standard InChI is InChI=1S/C22H26F2N4/c1-26(2)22-6-4-18(5-7-22)15-28(10-3-9-27-11-8-25-17-27)16-19-12-20(23)14-21(24)13-19/h4-8,11-14,17H,3,9-10,15-16H2,1-2H3. The third-order valence-corrected chi connectivity index (χ3v) is 4.64. The fraction of sp³-hybridized carbons (Fsp3) is 0.318. The summed E-state index contributed by atoms with van der Waals surface area (Å²) >= 11 is 0. The molecule has 0 amide bonds. The van der Waals surface area contributed by atoms with Crippen LogP contribution in [0, 0.1) is 11.6 Å². The summed E-state index contributed by atoms with van der Waals surface area (Å²) in [5.41, 5.74) is 2.96. The maximum atomic E-state index is 13.6. The molecule has 28 heavy (non-hydrogen) atoms. The third-order valence-electron chi connectivity index (χ3n) is 4.64. The summed E-state index contributed by atoms with van der Waals surface area (Å²) in [6.07, 6.45) is 6.42. The summed E-state index contributed by atoms with van der Waals surface area (Å²) in [5.74, 6) is -1.08. The lowest BCUT2D eigenvalue weighted by atomic mass is 10.1. The molecule has 3 aromatic rings. The van der Waals surface area contributed by atoms with Crippen molar-refractivity contribution < 1.29 is 8.78 Å². The fourth-order valence-corrected chi connectivity index (χ4v) is 3.23. The van der Waals surface area contributed by atoms with Gasteiger partial charge < -0.3 is 9.47 Å². The van der Waals surface area contributed by atoms with E-state index in [2.05, 4.69) is 39.0 Å². The molecular formula is C22H26F2N4. The van der Waals surface area contributed by atoms with Crippen molar-refractivity contribution in [2.75, 3.05) is 25.5 Å². The van der Waals surface area contributed by atoms with Crippen molar-refractivity contribution in [3.63, 3.8) is 0 Å². The maximum Gasteiger partial charge on any atom is 0.126 e. The molecule has 3 rings (SSSR count). The molecule has 0 bridgehead atoms. The molecular weight excluding hydrogens is 358 g/mol. The molecule has 2 aromatic carbocycles. The van der Waals surface area contributed by atoms with Gasteiger partial charge in [-0.2, -0.15) is 0 Å². The van der Waals surface area contributed by atoms with Gasteiger partial charge in [0.15, 0.2) is 0 Å². The highest BCUT2D eigenvalue weighted by molar-refractivity contribution is 5.46. The van der Waals surface area contributed by atoms with Crippen LogP contribution >= 0.6 is 0 Å². The van der Waals surface area contributed by atoms with E-state index in [9.17, 15) is 8.78 Å². The van der Waals surface area contributed by atoms with E-state index >= 15 is 0 Å². The Morgan fingerprint density at radius 3 is 2.21 bits per heavy atom. The molecule has 4 nitrogen and oxygen atoms in total. The summed E-state index contributed by atoms with van der Waals surface area (Å²) < 4.78 is 29.2. The topological polar surface area (TPSA) is 24.3 Å². The number of benzene rings is 2. The number of nitrogens with zero attached hydrogens (tertiary/aromatic N) is 4. The van der Waals surface area contributed by atoms with Gasteiger partial charge in [0, 0.05) is 64.4 Å². The minimum Gasteiger partial charge on any atom is -0.378 e. The molecule has 0 atom stereocenters. The van der Waals surface area contributed by atoms with Crippen molar-refractivity contribution >= 4 is 5.69 Å². The van der Waals surface area contributed by atoms with Crippen LogP contribution in [-0.2, 0) is 19.6 Å². The molecule has 0 N–H and O–H groups in total. The molecule has 0 unspecified atom stereocenters. The van der Waals surface area contributed by atoms with E-state index in [0.717, 1.165) is 37.8 Å². The van der Waals surface area contributed by atoms with Crippen LogP contribution in [0.15, 0.2) is 61.2 Å². The lowest BCUT2D eigenvalue weighted by Crippen LogP contribution is -2.25. The van der Waals surface area contributed by atoms with Crippen molar-refractivity contribution in [3.8, 4) is 0 Å². The third kappa shape index (κ3) is 5.89. The van der Waals surface area contributed by atoms with Gasteiger partial charge in [-0.3, -0.25) is 4.90 Å². The first-order valence-corrected chi connectivity index (χ1v) is 9.39. The first-order chi connectivity index (χ1) is 13.5. The Kier molecular flexibility index (Phi) is 6.76. The summed E-state index contributed by atoms with van der Waals surface area (Å²) in [5, 5.41) is 0. The highest BCUT2D eigenvalue weighted by Crippen LogP contribution is 2.17. The molecule has 0 saturated heterocycles. The van der Waals surface area contributed by atoms with Gasteiger partial charge in [0.1, 0.15) is 11.6 Å². The van der Waals surface area contributed by atoms with E-state index in [4.69, 9.17) is 0 Å². The lowest BCUT2D eigenvalue weighted by Gasteiger charge is -2.23. The Balaban J connectivity index is 1.68. The lowest BCUT2D eigenvalue weighted by molar-refractivity contribution is 0.248. The molecule has 1 heterocycles. The van der Waals surface area contributed by atoms with Gasteiger partial charge in [-0.15, -0.1) is 0 Å². The minimum absolute atomic E-state index is 0.494. The molecule has 0 radical (unpaired) electrons. The first kappa shape index (κ1) is 20.0. The van der Waals surface area contributed by atoms with Gasteiger partial charge >= 0.3 is 0 Å². The highest BCUT2D eigenvalue weighted by Gasteiger charge is 2.10. The van der Waals surface area contributed by atoms with Crippen LogP contribution in [0.25, 0.3) is 0 Å². The summed E-state index contributed by atoms with van der Waals surface area (Å²) in [7, 11) is 4.02. The molecule has 0 fully saturated rings. The molecule has 6 heteroatoms. The largest absolute Gasteiger partial charge is 0.378 e. The van der Waals surface area contributed by atoms with Crippen LogP contribution in [0.4, 0.5) is 14.5 Å². The zero-order valence-corrected chi connectivity index (χ0v) is 16.4. The molecule has 1 aromatic heterocycles. The van der Waals surface area contributed by atoms with E-state index in [1.807, 2.05) is 24.9 Å². The smallest absolute Gasteiger partial charge is 0.126 e. The first-order valence-electron chi connectivity index (χ1n) is 9.39. The second-order valence-electron chi connectivity index (χ2n) is 7.20. The van der Waals surface area contributed by atoms with Crippen LogP contribution in [0.3, 0.4) is 0 Å². The number of halogens is 2. The van der Waals surface area contributed by atoms with Crippen LogP contribution in [0.1, 0.15) is 17.5 Å². The number of hydrogen-bond donors (Lipinski definition) is 0. The Bertz CT molecular complexity index is 841. The van der Waals surface area contributed by atoms with E-state index in [1.165, 1.54) is 17.7 Å². The number of hydrogen-bond acceptors (Lipinski definition) is 3. The van der Waals surface area contributed by atoms with Crippen molar-refractivity contribution in [2.24, 2.45) is 0 Å². The van der Waals surface area contributed by atoms with E-state index in [-0.39, 0.29) is 0 Å². The normalized spacial score (nSPS) is 11.2. The van der Waals surface area contributed by atoms with Crippen LogP contribution < -0.4 is 4.90 Å². The molecule has 0 aliphatic heterocycles. The number of anilines is 1. The average Bonchev–Trinajstić information content (AvgIpc) is 3.14. The summed E-state index contributed by atoms with van der Waals surface area (Å²) in [4.78, 5) is 8.34. The Morgan fingerprint density at radius 1 is 0.929 bits per heavy atom. The SMILES string of the molecule is CN(C)c1ccc(CN(CCCn2ccnc2)Cc2cc(F)cc(F)c2)cc1. The van der Waals surface area contributed by atoms with Crippen LogP contribution in [0.2, 0.25) is 0 Å². The number of rotatable bonds is 9. The second-order valence-corrected chi connectivity index (χ2v) is 7.20. The summed E-state index contributed by atoms with van der Waals surface area (Å²) in [6.45, 7) is 2.88. The number of aromatic nitrogens is 2. The minimum atomic E-state index is -0.538. The quantitative estimate of drug-likeness (QED) is 0.549. The Labute approximate surface area is 165 Å². The van der Waals surface area contributed by atoms with Gasteiger partial charge in [-0.1, -0.05) is 12.1 Å². The molecule has 148 valence electrons. The van der Waals surface area contributed by atoms with Crippen molar-refractivity contribution in [2.45, 2.75) is 26.1 Å². The molecule has 0 aliphatic rings. The number of imidazole rings is 1. The van der Waals surface area contributed by atoms with Gasteiger partial charge in [0.2, 0.25) is 0 Å². The highest BCUT2D eigenvalue weighted by atomic mass is 19.1. The van der Waals surface area contributed by atoms with Crippen LogP contribution in [0.5, 0.6) is 0 Å². The van der Waals surface area contributed by atoms with Gasteiger partial charge in [-0.25, -0.2) is 13.8 Å². The Morgan fingerprint density at radius 2 is 1.61 bits per heavy atom. The second kappa shape index (κ2) is 9.46. The average molecular weight is 384 g/mol.